The van der Waals surface area contributed by atoms with E-state index in [1.807, 2.05) is 12.1 Å². The van der Waals surface area contributed by atoms with Crippen LogP contribution in [0.1, 0.15) is 47.5 Å². The number of hydrogen-bond acceptors (Lipinski definition) is 2. The van der Waals surface area contributed by atoms with Crippen molar-refractivity contribution >= 4 is 0 Å². The van der Waals surface area contributed by atoms with Crippen LogP contribution in [-0.2, 0) is 4.84 Å². The van der Waals surface area contributed by atoms with Crippen LogP contribution in [0.25, 0.3) is 0 Å². The van der Waals surface area contributed by atoms with Crippen LogP contribution in [0.5, 0.6) is 0 Å². The number of nitrogens with zero attached hydrogens (tertiary/aromatic N) is 1. The van der Waals surface area contributed by atoms with Crippen LogP contribution in [-0.4, -0.2) is 25.8 Å². The second-order valence-electron chi connectivity index (χ2n) is 6.19. The van der Waals surface area contributed by atoms with Crippen LogP contribution >= 0.6 is 0 Å². The largest absolute Gasteiger partial charge is 0.303 e. The van der Waals surface area contributed by atoms with Crippen LogP contribution in [0.3, 0.4) is 0 Å². The summed E-state index contributed by atoms with van der Waals surface area (Å²) in [7, 11) is 3.71. The summed E-state index contributed by atoms with van der Waals surface area (Å²) in [5.41, 5.74) is 0.765. The van der Waals surface area contributed by atoms with Crippen molar-refractivity contribution in [3.8, 4) is 0 Å². The second kappa shape index (κ2) is 5.13. The lowest BCUT2D eigenvalue weighted by molar-refractivity contribution is -0.129. The fourth-order valence-corrected chi connectivity index (χ4v) is 1.46. The quantitative estimate of drug-likeness (QED) is 0.633. The van der Waals surface area contributed by atoms with E-state index in [0.717, 1.165) is 6.54 Å². The van der Waals surface area contributed by atoms with Gasteiger partial charge >= 0.3 is 0 Å². The molecule has 2 nitrogen and oxygen atoms in total. The standard InChI is InChI=1S/C12H27NO/c1-11(2,3)8-9-12(4,5)10-13(6)14-7/h8-10H2,1-7H3. The molecule has 0 aromatic rings. The van der Waals surface area contributed by atoms with Crippen molar-refractivity contribution in [2.75, 3.05) is 20.7 Å². The Morgan fingerprint density at radius 1 is 1.00 bits per heavy atom. The first kappa shape index (κ1) is 13.9. The van der Waals surface area contributed by atoms with Gasteiger partial charge in [-0.1, -0.05) is 34.6 Å². The highest BCUT2D eigenvalue weighted by Gasteiger charge is 2.23. The maximum absolute atomic E-state index is 5.15. The smallest absolute Gasteiger partial charge is 0.0575 e. The molecule has 0 radical (unpaired) electrons. The van der Waals surface area contributed by atoms with Gasteiger partial charge in [0, 0.05) is 13.6 Å². The van der Waals surface area contributed by atoms with Gasteiger partial charge in [-0.15, -0.1) is 0 Å². The van der Waals surface area contributed by atoms with Gasteiger partial charge in [0.1, 0.15) is 0 Å². The molecule has 0 aliphatic carbocycles. The fraction of sp³-hybridized carbons (Fsp3) is 1.00. The average Bonchev–Trinajstić information content (AvgIpc) is 1.99. The molecule has 0 aliphatic rings. The van der Waals surface area contributed by atoms with E-state index in [4.69, 9.17) is 4.84 Å². The Balaban J connectivity index is 3.95. The van der Waals surface area contributed by atoms with E-state index < -0.39 is 0 Å². The summed E-state index contributed by atoms with van der Waals surface area (Å²) in [6.07, 6.45) is 2.50. The summed E-state index contributed by atoms with van der Waals surface area (Å²) in [6, 6.07) is 0. The first-order valence-corrected chi connectivity index (χ1v) is 5.41. The topological polar surface area (TPSA) is 12.5 Å². The highest BCUT2D eigenvalue weighted by molar-refractivity contribution is 4.74. The van der Waals surface area contributed by atoms with Gasteiger partial charge in [-0.05, 0) is 23.7 Å². The molecular formula is C12H27NO. The second-order valence-corrected chi connectivity index (χ2v) is 6.19. The molecule has 0 heterocycles. The molecule has 0 saturated heterocycles. The lowest BCUT2D eigenvalue weighted by atomic mass is 9.80. The van der Waals surface area contributed by atoms with E-state index in [1.54, 1.807) is 7.11 Å². The third-order valence-corrected chi connectivity index (χ3v) is 2.51. The first-order chi connectivity index (χ1) is 6.16. The molecule has 0 rings (SSSR count). The lowest BCUT2D eigenvalue weighted by Crippen LogP contribution is -2.31. The molecule has 0 spiro atoms. The minimum Gasteiger partial charge on any atom is -0.303 e. The number of rotatable bonds is 5. The number of hydroxylamine groups is 2. The van der Waals surface area contributed by atoms with E-state index in [0.29, 0.717) is 10.8 Å². The van der Waals surface area contributed by atoms with Crippen molar-refractivity contribution in [2.45, 2.75) is 47.5 Å². The van der Waals surface area contributed by atoms with Gasteiger partial charge in [0.05, 0.1) is 7.11 Å². The Morgan fingerprint density at radius 2 is 1.50 bits per heavy atom. The Bertz CT molecular complexity index is 158. The summed E-state index contributed by atoms with van der Waals surface area (Å²) in [6.45, 7) is 12.5. The molecule has 2 heteroatoms. The van der Waals surface area contributed by atoms with E-state index in [9.17, 15) is 0 Å². The lowest BCUT2D eigenvalue weighted by Gasteiger charge is -2.31. The molecule has 0 aromatic heterocycles. The van der Waals surface area contributed by atoms with E-state index in [2.05, 4.69) is 34.6 Å². The molecule has 0 amide bonds. The van der Waals surface area contributed by atoms with Crippen molar-refractivity contribution in [2.24, 2.45) is 10.8 Å². The summed E-state index contributed by atoms with van der Waals surface area (Å²) >= 11 is 0. The average molecular weight is 201 g/mol. The van der Waals surface area contributed by atoms with Gasteiger partial charge in [-0.2, -0.15) is 5.06 Å². The SMILES string of the molecule is CON(C)CC(C)(C)CCC(C)(C)C. The van der Waals surface area contributed by atoms with E-state index in [-0.39, 0.29) is 0 Å². The van der Waals surface area contributed by atoms with E-state index in [1.165, 1.54) is 12.8 Å². The maximum atomic E-state index is 5.15. The Labute approximate surface area is 89.6 Å². The van der Waals surface area contributed by atoms with Crippen molar-refractivity contribution in [1.29, 1.82) is 0 Å². The zero-order valence-corrected chi connectivity index (χ0v) is 11.0. The molecule has 0 N–H and O–H groups in total. The van der Waals surface area contributed by atoms with Crippen LogP contribution < -0.4 is 0 Å². The molecule has 0 aliphatic heterocycles. The maximum Gasteiger partial charge on any atom is 0.0575 e. The normalized spacial score (nSPS) is 13.7. The van der Waals surface area contributed by atoms with Crippen LogP contribution in [0.2, 0.25) is 0 Å². The molecule has 0 unspecified atom stereocenters. The fourth-order valence-electron chi connectivity index (χ4n) is 1.46. The molecule has 0 atom stereocenters. The minimum absolute atomic E-state index is 0.331. The van der Waals surface area contributed by atoms with Gasteiger partial charge in [-0.3, -0.25) is 0 Å². The highest BCUT2D eigenvalue weighted by atomic mass is 16.7. The summed E-state index contributed by atoms with van der Waals surface area (Å²) in [5, 5.41) is 1.91. The van der Waals surface area contributed by atoms with Gasteiger partial charge in [0.15, 0.2) is 0 Å². The van der Waals surface area contributed by atoms with Crippen molar-refractivity contribution < 1.29 is 4.84 Å². The highest BCUT2D eigenvalue weighted by Crippen LogP contribution is 2.30. The summed E-state index contributed by atoms with van der Waals surface area (Å²) in [4.78, 5) is 5.15. The Morgan fingerprint density at radius 3 is 1.86 bits per heavy atom. The van der Waals surface area contributed by atoms with Gasteiger partial charge in [0.2, 0.25) is 0 Å². The molecule has 0 fully saturated rings. The first-order valence-electron chi connectivity index (χ1n) is 5.41. The van der Waals surface area contributed by atoms with Gasteiger partial charge < -0.3 is 4.84 Å². The van der Waals surface area contributed by atoms with E-state index >= 15 is 0 Å². The Hall–Kier alpha value is -0.0800. The molecule has 0 saturated carbocycles. The third kappa shape index (κ3) is 7.34. The van der Waals surface area contributed by atoms with Crippen LogP contribution in [0.15, 0.2) is 0 Å². The summed E-state index contributed by atoms with van der Waals surface area (Å²) in [5.74, 6) is 0. The third-order valence-electron chi connectivity index (χ3n) is 2.51. The van der Waals surface area contributed by atoms with Crippen molar-refractivity contribution in [1.82, 2.24) is 5.06 Å². The molecule has 14 heavy (non-hydrogen) atoms. The molecule has 0 aromatic carbocycles. The minimum atomic E-state index is 0.331. The predicted molar refractivity (Wildman–Crippen MR) is 62.1 cm³/mol. The van der Waals surface area contributed by atoms with Crippen molar-refractivity contribution in [3.63, 3.8) is 0 Å². The van der Waals surface area contributed by atoms with Crippen LogP contribution in [0.4, 0.5) is 0 Å². The van der Waals surface area contributed by atoms with Gasteiger partial charge in [-0.25, -0.2) is 0 Å². The van der Waals surface area contributed by atoms with Crippen LogP contribution in [0, 0.1) is 10.8 Å². The number of hydrogen-bond donors (Lipinski definition) is 0. The zero-order valence-electron chi connectivity index (χ0n) is 11.0. The molecular weight excluding hydrogens is 174 g/mol. The molecule has 0 bridgehead atoms. The van der Waals surface area contributed by atoms with Gasteiger partial charge in [0.25, 0.3) is 0 Å². The van der Waals surface area contributed by atoms with Crippen molar-refractivity contribution in [3.05, 3.63) is 0 Å². The molecule has 86 valence electrons. The monoisotopic (exact) mass is 201 g/mol. The zero-order chi connectivity index (χ0) is 11.4. The summed E-state index contributed by atoms with van der Waals surface area (Å²) < 4.78 is 0. The predicted octanol–water partition coefficient (Wildman–Crippen LogP) is 3.33. The Kier molecular flexibility index (Phi) is 5.10.